The number of benzene rings is 1. The second-order valence-corrected chi connectivity index (χ2v) is 6.16. The van der Waals surface area contributed by atoms with E-state index in [2.05, 4.69) is 20.9 Å². The topological polar surface area (TPSA) is 33.1 Å². The van der Waals surface area contributed by atoms with Crippen molar-refractivity contribution >= 4 is 38.9 Å². The lowest BCUT2D eigenvalue weighted by Crippen LogP contribution is -2.24. The smallest absolute Gasteiger partial charge is 0.126 e. The third-order valence-corrected chi connectivity index (χ3v) is 4.46. The van der Waals surface area contributed by atoms with Crippen molar-refractivity contribution in [1.29, 1.82) is 0 Å². The minimum Gasteiger partial charge on any atom is -0.383 e. The van der Waals surface area contributed by atoms with Crippen LogP contribution < -0.4 is 0 Å². The predicted octanol–water partition coefficient (Wildman–Crippen LogP) is 4.01. The van der Waals surface area contributed by atoms with E-state index in [0.717, 1.165) is 10.2 Å². The zero-order chi connectivity index (χ0) is 12.5. The normalized spacial score (nSPS) is 14.6. The first kappa shape index (κ1) is 13.0. The van der Waals surface area contributed by atoms with Crippen molar-refractivity contribution < 1.29 is 5.11 Å². The van der Waals surface area contributed by atoms with E-state index in [9.17, 15) is 5.11 Å². The van der Waals surface area contributed by atoms with E-state index in [0.29, 0.717) is 16.5 Å². The Kier molecular flexibility index (Phi) is 3.88. The monoisotopic (exact) mass is 331 g/mol. The molecule has 1 unspecified atom stereocenters. The summed E-state index contributed by atoms with van der Waals surface area (Å²) in [7, 11) is 0. The first-order chi connectivity index (χ1) is 7.97. The Labute approximate surface area is 117 Å². The Bertz CT molecular complexity index is 509. The van der Waals surface area contributed by atoms with E-state index >= 15 is 0 Å². The Balaban J connectivity index is 2.19. The third kappa shape index (κ3) is 3.28. The fraction of sp³-hybridized carbons (Fsp3) is 0.250. The Morgan fingerprint density at radius 2 is 2.06 bits per heavy atom. The maximum absolute atomic E-state index is 10.4. The summed E-state index contributed by atoms with van der Waals surface area (Å²) in [6.45, 7) is 1.77. The summed E-state index contributed by atoms with van der Waals surface area (Å²) in [4.78, 5) is 4.26. The molecule has 1 heterocycles. The molecule has 0 aliphatic carbocycles. The van der Waals surface area contributed by atoms with Crippen LogP contribution in [0.1, 0.15) is 17.5 Å². The van der Waals surface area contributed by atoms with Crippen LogP contribution in [-0.2, 0) is 12.0 Å². The second-order valence-electron chi connectivity index (χ2n) is 4.05. The molecule has 2 aromatic rings. The van der Waals surface area contributed by atoms with Crippen LogP contribution in [0.4, 0.5) is 0 Å². The van der Waals surface area contributed by atoms with Gasteiger partial charge in [0.15, 0.2) is 0 Å². The number of aromatic nitrogens is 1. The van der Waals surface area contributed by atoms with Gasteiger partial charge < -0.3 is 5.11 Å². The van der Waals surface area contributed by atoms with Gasteiger partial charge in [0.2, 0.25) is 0 Å². The van der Waals surface area contributed by atoms with E-state index in [1.165, 1.54) is 11.3 Å². The van der Waals surface area contributed by atoms with Gasteiger partial charge in [-0.05, 0) is 40.5 Å². The average molecular weight is 333 g/mol. The Hall–Kier alpha value is -0.420. The van der Waals surface area contributed by atoms with Crippen molar-refractivity contribution in [1.82, 2.24) is 4.98 Å². The van der Waals surface area contributed by atoms with Gasteiger partial charge in [-0.1, -0.05) is 23.7 Å². The van der Waals surface area contributed by atoms with E-state index in [4.69, 9.17) is 11.6 Å². The van der Waals surface area contributed by atoms with Crippen LogP contribution in [0.3, 0.4) is 0 Å². The van der Waals surface area contributed by atoms with Gasteiger partial charge >= 0.3 is 0 Å². The summed E-state index contributed by atoms with van der Waals surface area (Å²) in [5, 5.41) is 13.7. The van der Waals surface area contributed by atoms with Crippen LogP contribution in [0, 0.1) is 0 Å². The maximum atomic E-state index is 10.4. The third-order valence-electron chi connectivity index (χ3n) is 2.40. The maximum Gasteiger partial charge on any atom is 0.126 e. The number of halogens is 2. The zero-order valence-corrected chi connectivity index (χ0v) is 12.3. The van der Waals surface area contributed by atoms with Gasteiger partial charge in [0.1, 0.15) is 15.2 Å². The highest BCUT2D eigenvalue weighted by Crippen LogP contribution is 2.29. The molecule has 0 spiro atoms. The van der Waals surface area contributed by atoms with E-state index in [-0.39, 0.29) is 0 Å². The molecule has 0 radical (unpaired) electrons. The molecular weight excluding hydrogens is 322 g/mol. The van der Waals surface area contributed by atoms with Crippen LogP contribution in [0.2, 0.25) is 5.02 Å². The van der Waals surface area contributed by atoms with Crippen molar-refractivity contribution in [3.8, 4) is 0 Å². The molecule has 0 saturated carbocycles. The highest BCUT2D eigenvalue weighted by atomic mass is 79.9. The highest BCUT2D eigenvalue weighted by molar-refractivity contribution is 9.10. The summed E-state index contributed by atoms with van der Waals surface area (Å²) in [5.74, 6) is 0. The van der Waals surface area contributed by atoms with Gasteiger partial charge in [-0.2, -0.15) is 0 Å². The summed E-state index contributed by atoms with van der Waals surface area (Å²) in [5.41, 5.74) is 0.0792. The van der Waals surface area contributed by atoms with Crippen LogP contribution in [-0.4, -0.2) is 10.1 Å². The lowest BCUT2D eigenvalue weighted by molar-refractivity contribution is 0.0572. The predicted molar refractivity (Wildman–Crippen MR) is 74.5 cm³/mol. The molecule has 90 valence electrons. The molecule has 0 bridgehead atoms. The lowest BCUT2D eigenvalue weighted by Gasteiger charge is -2.20. The van der Waals surface area contributed by atoms with Crippen LogP contribution in [0.5, 0.6) is 0 Å². The number of aliphatic hydroxyl groups is 1. The fourth-order valence-electron chi connectivity index (χ4n) is 1.58. The number of rotatable bonds is 3. The van der Waals surface area contributed by atoms with Crippen LogP contribution in [0.15, 0.2) is 34.2 Å². The minimum absolute atomic E-state index is 0.518. The molecule has 0 amide bonds. The van der Waals surface area contributed by atoms with Crippen molar-refractivity contribution in [3.63, 3.8) is 0 Å². The second kappa shape index (κ2) is 5.06. The van der Waals surface area contributed by atoms with Gasteiger partial charge in [0.25, 0.3) is 0 Å². The molecule has 0 saturated heterocycles. The van der Waals surface area contributed by atoms with Crippen molar-refractivity contribution in [2.45, 2.75) is 18.9 Å². The largest absolute Gasteiger partial charge is 0.383 e. The van der Waals surface area contributed by atoms with Gasteiger partial charge in [-0.3, -0.25) is 0 Å². The molecule has 2 nitrogen and oxygen atoms in total. The fourth-order valence-corrected chi connectivity index (χ4v) is 3.02. The Morgan fingerprint density at radius 3 is 2.59 bits per heavy atom. The van der Waals surface area contributed by atoms with Gasteiger partial charge in [0.05, 0.1) is 0 Å². The van der Waals surface area contributed by atoms with Gasteiger partial charge in [-0.25, -0.2) is 4.98 Å². The van der Waals surface area contributed by atoms with Crippen molar-refractivity contribution in [2.24, 2.45) is 0 Å². The number of nitrogens with zero attached hydrogens (tertiary/aromatic N) is 1. The van der Waals surface area contributed by atoms with Crippen molar-refractivity contribution in [3.05, 3.63) is 49.8 Å². The quantitative estimate of drug-likeness (QED) is 0.921. The molecule has 17 heavy (non-hydrogen) atoms. The molecule has 1 aromatic heterocycles. The summed E-state index contributed by atoms with van der Waals surface area (Å²) in [6.07, 6.45) is 0.518. The average Bonchev–Trinajstić information content (AvgIpc) is 2.69. The number of hydrogen-bond donors (Lipinski definition) is 1. The van der Waals surface area contributed by atoms with Gasteiger partial charge in [0, 0.05) is 16.8 Å². The molecule has 1 aromatic carbocycles. The molecule has 2 rings (SSSR count). The lowest BCUT2D eigenvalue weighted by atomic mass is 9.97. The molecule has 0 fully saturated rings. The van der Waals surface area contributed by atoms with E-state index in [1.807, 2.05) is 29.6 Å². The summed E-state index contributed by atoms with van der Waals surface area (Å²) < 4.78 is 0.758. The van der Waals surface area contributed by atoms with E-state index < -0.39 is 5.60 Å². The SMILES string of the molecule is CC(O)(Cc1ccc(Cl)cc1)c1nc(Br)cs1. The first-order valence-electron chi connectivity index (χ1n) is 5.06. The molecule has 1 N–H and O–H groups in total. The molecule has 0 aliphatic rings. The first-order valence-corrected chi connectivity index (χ1v) is 7.11. The van der Waals surface area contributed by atoms with E-state index in [1.54, 1.807) is 6.92 Å². The van der Waals surface area contributed by atoms with Crippen LogP contribution >= 0.6 is 38.9 Å². The minimum atomic E-state index is -0.954. The summed E-state index contributed by atoms with van der Waals surface area (Å²) >= 11 is 10.6. The molecule has 5 heteroatoms. The standard InChI is InChI=1S/C12H11BrClNOS/c1-12(16,11-15-10(13)7-17-11)6-8-2-4-9(14)5-3-8/h2-5,7,16H,6H2,1H3. The summed E-state index contributed by atoms with van der Waals surface area (Å²) in [6, 6.07) is 7.48. The molecular formula is C12H11BrClNOS. The van der Waals surface area contributed by atoms with Crippen LogP contribution in [0.25, 0.3) is 0 Å². The van der Waals surface area contributed by atoms with Crippen molar-refractivity contribution in [2.75, 3.05) is 0 Å². The zero-order valence-electron chi connectivity index (χ0n) is 9.15. The molecule has 1 atom stereocenters. The Morgan fingerprint density at radius 1 is 1.41 bits per heavy atom. The highest BCUT2D eigenvalue weighted by Gasteiger charge is 2.27. The number of thiazole rings is 1. The molecule has 0 aliphatic heterocycles. The number of hydrogen-bond acceptors (Lipinski definition) is 3. The van der Waals surface area contributed by atoms with Gasteiger partial charge in [-0.15, -0.1) is 11.3 Å².